The highest BCUT2D eigenvalue weighted by Gasteiger charge is 2.16. The van der Waals surface area contributed by atoms with Crippen LogP contribution >= 0.6 is 11.3 Å². The number of amides is 1. The lowest BCUT2D eigenvalue weighted by atomic mass is 10.1. The van der Waals surface area contributed by atoms with Crippen molar-refractivity contribution >= 4 is 22.4 Å². The molecular formula is C21H22N2O4S. The van der Waals surface area contributed by atoms with Gasteiger partial charge < -0.3 is 14.2 Å². The van der Waals surface area contributed by atoms with Gasteiger partial charge in [0.25, 0.3) is 5.91 Å². The Balaban J connectivity index is 1.61. The second-order valence-corrected chi connectivity index (χ2v) is 6.89. The van der Waals surface area contributed by atoms with E-state index in [0.717, 1.165) is 16.8 Å². The van der Waals surface area contributed by atoms with Crippen molar-refractivity contribution in [2.75, 3.05) is 19.5 Å². The number of carbonyl (C=O) groups excluding carboxylic acids is 1. The van der Waals surface area contributed by atoms with Crippen LogP contribution in [0.2, 0.25) is 0 Å². The summed E-state index contributed by atoms with van der Waals surface area (Å²) in [5.41, 5.74) is 2.65. The van der Waals surface area contributed by atoms with E-state index in [9.17, 15) is 4.79 Å². The summed E-state index contributed by atoms with van der Waals surface area (Å²) >= 11 is 1.36. The summed E-state index contributed by atoms with van der Waals surface area (Å²) in [5, 5.41) is 5.21. The Morgan fingerprint density at radius 3 is 2.57 bits per heavy atom. The first-order chi connectivity index (χ1) is 13.6. The van der Waals surface area contributed by atoms with Gasteiger partial charge in [-0.15, -0.1) is 11.3 Å². The minimum atomic E-state index is -0.589. The van der Waals surface area contributed by atoms with Crippen LogP contribution in [0, 0.1) is 0 Å². The van der Waals surface area contributed by atoms with Crippen LogP contribution < -0.4 is 14.8 Å². The van der Waals surface area contributed by atoms with Gasteiger partial charge in [-0.1, -0.05) is 30.3 Å². The van der Waals surface area contributed by atoms with Crippen LogP contribution in [-0.4, -0.2) is 31.2 Å². The van der Waals surface area contributed by atoms with E-state index < -0.39 is 6.10 Å². The maximum Gasteiger partial charge on any atom is 0.255 e. The van der Waals surface area contributed by atoms with E-state index in [1.165, 1.54) is 11.3 Å². The average Bonchev–Trinajstić information content (AvgIpc) is 3.20. The van der Waals surface area contributed by atoms with Crippen LogP contribution in [0.1, 0.15) is 12.5 Å². The van der Waals surface area contributed by atoms with Crippen molar-refractivity contribution in [2.45, 2.75) is 19.6 Å². The number of nitrogens with one attached hydrogen (secondary N) is 1. The molecule has 7 heteroatoms. The van der Waals surface area contributed by atoms with Crippen LogP contribution in [0.4, 0.5) is 5.13 Å². The van der Waals surface area contributed by atoms with Crippen molar-refractivity contribution in [2.24, 2.45) is 0 Å². The third kappa shape index (κ3) is 4.88. The number of methoxy groups -OCH3 is 2. The fourth-order valence-electron chi connectivity index (χ4n) is 2.54. The first-order valence-electron chi connectivity index (χ1n) is 8.75. The lowest BCUT2D eigenvalue weighted by Gasteiger charge is -2.12. The van der Waals surface area contributed by atoms with E-state index in [-0.39, 0.29) is 5.91 Å². The highest BCUT2D eigenvalue weighted by molar-refractivity contribution is 7.14. The second-order valence-electron chi connectivity index (χ2n) is 6.04. The third-order valence-electron chi connectivity index (χ3n) is 4.13. The van der Waals surface area contributed by atoms with Crippen molar-refractivity contribution in [3.63, 3.8) is 0 Å². The Bertz CT molecular complexity index is 927. The summed E-state index contributed by atoms with van der Waals surface area (Å²) in [6.45, 7) is 2.10. The number of hydrogen-bond donors (Lipinski definition) is 1. The van der Waals surface area contributed by atoms with Gasteiger partial charge in [0.05, 0.1) is 26.5 Å². The van der Waals surface area contributed by atoms with Gasteiger partial charge in [0.15, 0.2) is 16.6 Å². The minimum absolute atomic E-state index is 0.232. The number of nitrogens with zero attached hydrogens (tertiary/aromatic N) is 1. The Labute approximate surface area is 168 Å². The van der Waals surface area contributed by atoms with Crippen molar-refractivity contribution in [3.05, 3.63) is 59.5 Å². The lowest BCUT2D eigenvalue weighted by molar-refractivity contribution is -0.127. The van der Waals surface area contributed by atoms with Crippen molar-refractivity contribution < 1.29 is 19.0 Å². The number of rotatable bonds is 8. The van der Waals surface area contributed by atoms with Gasteiger partial charge in [-0.25, -0.2) is 4.98 Å². The summed E-state index contributed by atoms with van der Waals surface area (Å²) in [6.07, 6.45) is -0.589. The van der Waals surface area contributed by atoms with E-state index in [0.29, 0.717) is 23.2 Å². The molecule has 0 aliphatic carbocycles. The molecule has 0 aliphatic rings. The van der Waals surface area contributed by atoms with Gasteiger partial charge in [0, 0.05) is 10.9 Å². The molecule has 146 valence electrons. The summed E-state index contributed by atoms with van der Waals surface area (Å²) in [7, 11) is 3.18. The number of aromatic nitrogens is 1. The topological polar surface area (TPSA) is 69.7 Å². The molecule has 0 saturated heterocycles. The Kier molecular flexibility index (Phi) is 6.62. The minimum Gasteiger partial charge on any atom is -0.493 e. The monoisotopic (exact) mass is 398 g/mol. The van der Waals surface area contributed by atoms with Crippen molar-refractivity contribution in [3.8, 4) is 22.8 Å². The molecule has 1 aromatic heterocycles. The Hall–Kier alpha value is -2.90. The maximum atomic E-state index is 12.4. The molecule has 1 heterocycles. The standard InChI is InChI=1S/C21H22N2O4S/c1-14(27-12-15-7-5-4-6-8-15)20(24)23-21-22-17(13-28-21)16-9-10-18(25-2)19(11-16)26-3/h4-11,13-14H,12H2,1-3H3,(H,22,23,24). The van der Waals surface area contributed by atoms with Crippen LogP contribution in [0.25, 0.3) is 11.3 Å². The van der Waals surface area contributed by atoms with Gasteiger partial charge in [0.1, 0.15) is 6.10 Å². The fraction of sp³-hybridized carbons (Fsp3) is 0.238. The van der Waals surface area contributed by atoms with E-state index in [1.807, 2.05) is 53.9 Å². The smallest absolute Gasteiger partial charge is 0.255 e. The maximum absolute atomic E-state index is 12.4. The van der Waals surface area contributed by atoms with Crippen LogP contribution in [0.15, 0.2) is 53.9 Å². The number of anilines is 1. The van der Waals surface area contributed by atoms with Crippen molar-refractivity contribution in [1.82, 2.24) is 4.98 Å². The zero-order chi connectivity index (χ0) is 19.9. The molecule has 28 heavy (non-hydrogen) atoms. The highest BCUT2D eigenvalue weighted by Crippen LogP contribution is 2.33. The largest absolute Gasteiger partial charge is 0.493 e. The quantitative estimate of drug-likeness (QED) is 0.610. The zero-order valence-electron chi connectivity index (χ0n) is 16.0. The SMILES string of the molecule is COc1ccc(-c2csc(NC(=O)C(C)OCc3ccccc3)n2)cc1OC. The summed E-state index contributed by atoms with van der Waals surface area (Å²) in [5.74, 6) is 1.05. The van der Waals surface area contributed by atoms with Crippen LogP contribution in [-0.2, 0) is 16.1 Å². The number of hydrogen-bond acceptors (Lipinski definition) is 6. The normalized spacial score (nSPS) is 11.7. The molecule has 0 fully saturated rings. The number of carbonyl (C=O) groups is 1. The third-order valence-corrected chi connectivity index (χ3v) is 4.88. The lowest BCUT2D eigenvalue weighted by Crippen LogP contribution is -2.27. The van der Waals surface area contributed by atoms with Crippen LogP contribution in [0.5, 0.6) is 11.5 Å². The molecule has 6 nitrogen and oxygen atoms in total. The van der Waals surface area contributed by atoms with Gasteiger partial charge in [-0.2, -0.15) is 0 Å². The molecule has 1 atom stereocenters. The molecule has 0 aliphatic heterocycles. The predicted octanol–water partition coefficient (Wildman–Crippen LogP) is 4.37. The van der Waals surface area contributed by atoms with Gasteiger partial charge >= 0.3 is 0 Å². The van der Waals surface area contributed by atoms with E-state index in [2.05, 4.69) is 10.3 Å². The second kappa shape index (κ2) is 9.34. The fourth-order valence-corrected chi connectivity index (χ4v) is 3.26. The number of thiazole rings is 1. The van der Waals surface area contributed by atoms with Gasteiger partial charge in [-0.3, -0.25) is 10.1 Å². The molecule has 0 saturated carbocycles. The Morgan fingerprint density at radius 1 is 1.11 bits per heavy atom. The highest BCUT2D eigenvalue weighted by atomic mass is 32.1. The Morgan fingerprint density at radius 2 is 1.86 bits per heavy atom. The van der Waals surface area contributed by atoms with E-state index in [1.54, 1.807) is 21.1 Å². The molecule has 1 amide bonds. The van der Waals surface area contributed by atoms with Gasteiger partial charge in [0.2, 0.25) is 0 Å². The summed E-state index contributed by atoms with van der Waals surface area (Å²) in [6, 6.07) is 15.3. The van der Waals surface area contributed by atoms with E-state index in [4.69, 9.17) is 14.2 Å². The predicted molar refractivity (Wildman–Crippen MR) is 110 cm³/mol. The molecule has 0 radical (unpaired) electrons. The van der Waals surface area contributed by atoms with E-state index >= 15 is 0 Å². The molecule has 0 spiro atoms. The molecular weight excluding hydrogens is 376 g/mol. The molecule has 3 rings (SSSR count). The first kappa shape index (κ1) is 19.9. The molecule has 1 N–H and O–H groups in total. The first-order valence-corrected chi connectivity index (χ1v) is 9.63. The zero-order valence-corrected chi connectivity index (χ0v) is 16.8. The number of ether oxygens (including phenoxy) is 3. The average molecular weight is 398 g/mol. The van der Waals surface area contributed by atoms with Crippen molar-refractivity contribution in [1.29, 1.82) is 0 Å². The van der Waals surface area contributed by atoms with Crippen LogP contribution in [0.3, 0.4) is 0 Å². The molecule has 1 unspecified atom stereocenters. The molecule has 0 bridgehead atoms. The summed E-state index contributed by atoms with van der Waals surface area (Å²) in [4.78, 5) is 16.8. The molecule has 2 aromatic carbocycles. The molecule has 3 aromatic rings. The summed E-state index contributed by atoms with van der Waals surface area (Å²) < 4.78 is 16.2. The van der Waals surface area contributed by atoms with Gasteiger partial charge in [-0.05, 0) is 30.7 Å². The number of benzene rings is 2.